The van der Waals surface area contributed by atoms with Crippen LogP contribution in [-0.4, -0.2) is 36.6 Å². The van der Waals surface area contributed by atoms with Gasteiger partial charge in [-0.25, -0.2) is 9.78 Å². The number of fused-ring (bicyclic) bond motifs is 1. The number of benzene rings is 2. The Labute approximate surface area is 194 Å². The van der Waals surface area contributed by atoms with Gasteiger partial charge < -0.3 is 15.0 Å². The molecule has 3 aromatic rings. The molecule has 1 aliphatic rings. The third-order valence-electron chi connectivity index (χ3n) is 5.90. The number of aryl methyl sites for hydroxylation is 1. The molecule has 2 heterocycles. The van der Waals surface area contributed by atoms with Gasteiger partial charge in [0.1, 0.15) is 11.9 Å². The molecule has 4 rings (SSSR count). The summed E-state index contributed by atoms with van der Waals surface area (Å²) >= 11 is 0. The fraction of sp³-hybridized carbons (Fsp3) is 0.320. The number of methoxy groups -OCH3 is 1. The topological polar surface area (TPSA) is 71.5 Å². The standard InChI is InChI=1S/C25H24F3N3O3/c1-34-24(33)21-3-2-14-31(21)22-12-7-17-15-19(10-11-20(17)30-22)29-23(32)13-6-16-4-8-18(9-5-16)25(26,27)28/h4-5,7-12,15,21H,2-3,6,13-14H2,1H3,(H,29,32)/t21-/m0/s1. The molecule has 0 bridgehead atoms. The fourth-order valence-electron chi connectivity index (χ4n) is 4.12. The van der Waals surface area contributed by atoms with Crippen molar-refractivity contribution in [1.29, 1.82) is 0 Å². The van der Waals surface area contributed by atoms with E-state index < -0.39 is 11.7 Å². The number of nitrogens with one attached hydrogen (secondary N) is 1. The molecule has 1 aliphatic heterocycles. The van der Waals surface area contributed by atoms with Crippen LogP contribution in [0.2, 0.25) is 0 Å². The van der Waals surface area contributed by atoms with Crippen molar-refractivity contribution in [2.75, 3.05) is 23.9 Å². The predicted molar refractivity (Wildman–Crippen MR) is 123 cm³/mol. The van der Waals surface area contributed by atoms with E-state index in [9.17, 15) is 22.8 Å². The third-order valence-corrected chi connectivity index (χ3v) is 5.90. The minimum atomic E-state index is -4.38. The number of hydrogen-bond donors (Lipinski definition) is 1. The molecule has 0 aliphatic carbocycles. The van der Waals surface area contributed by atoms with Crippen molar-refractivity contribution in [3.8, 4) is 0 Å². The Balaban J connectivity index is 1.38. The zero-order valence-corrected chi connectivity index (χ0v) is 18.6. The number of hydrogen-bond acceptors (Lipinski definition) is 5. The van der Waals surface area contributed by atoms with Gasteiger partial charge in [0.25, 0.3) is 0 Å². The van der Waals surface area contributed by atoms with Crippen LogP contribution in [0.15, 0.2) is 54.6 Å². The van der Waals surface area contributed by atoms with Gasteiger partial charge in [-0.2, -0.15) is 13.2 Å². The van der Waals surface area contributed by atoms with Crippen molar-refractivity contribution in [2.45, 2.75) is 37.9 Å². The number of amides is 1. The molecule has 1 atom stereocenters. The summed E-state index contributed by atoms with van der Waals surface area (Å²) in [7, 11) is 1.38. The van der Waals surface area contributed by atoms with Gasteiger partial charge in [-0.15, -0.1) is 0 Å². The summed E-state index contributed by atoms with van der Waals surface area (Å²) in [6.45, 7) is 0.728. The first-order valence-corrected chi connectivity index (χ1v) is 11.0. The van der Waals surface area contributed by atoms with Gasteiger partial charge in [0.05, 0.1) is 18.2 Å². The van der Waals surface area contributed by atoms with Crippen LogP contribution in [0, 0.1) is 0 Å². The van der Waals surface area contributed by atoms with Crippen LogP contribution < -0.4 is 10.2 Å². The Bertz CT molecular complexity index is 1200. The van der Waals surface area contributed by atoms with Gasteiger partial charge in [0.2, 0.25) is 5.91 Å². The molecule has 0 radical (unpaired) electrons. The van der Waals surface area contributed by atoms with Crippen molar-refractivity contribution < 1.29 is 27.5 Å². The van der Waals surface area contributed by atoms with E-state index in [1.807, 2.05) is 23.1 Å². The van der Waals surface area contributed by atoms with Gasteiger partial charge in [-0.05, 0) is 67.3 Å². The molecule has 6 nitrogen and oxygen atoms in total. The number of halogens is 3. The maximum atomic E-state index is 12.7. The van der Waals surface area contributed by atoms with Crippen LogP contribution >= 0.6 is 0 Å². The highest BCUT2D eigenvalue weighted by Gasteiger charge is 2.32. The lowest BCUT2D eigenvalue weighted by Gasteiger charge is -2.23. The number of rotatable bonds is 6. The zero-order chi connectivity index (χ0) is 24.3. The molecule has 178 valence electrons. The minimum absolute atomic E-state index is 0.143. The van der Waals surface area contributed by atoms with Crippen LogP contribution in [-0.2, 0) is 26.9 Å². The first-order chi connectivity index (χ1) is 16.2. The molecule has 1 aromatic heterocycles. The average Bonchev–Trinajstić information content (AvgIpc) is 3.31. The normalized spacial score (nSPS) is 16.0. The Kier molecular flexibility index (Phi) is 6.72. The number of carbonyl (C=O) groups is 2. The summed E-state index contributed by atoms with van der Waals surface area (Å²) in [6.07, 6.45) is -2.29. The maximum absolute atomic E-state index is 12.7. The maximum Gasteiger partial charge on any atom is 0.416 e. The van der Waals surface area contributed by atoms with E-state index in [4.69, 9.17) is 4.74 Å². The molecule has 0 spiro atoms. The molecule has 1 amide bonds. The number of nitrogens with zero attached hydrogens (tertiary/aromatic N) is 2. The van der Waals surface area contributed by atoms with E-state index in [-0.39, 0.29) is 24.3 Å². The number of carbonyl (C=O) groups excluding carboxylic acids is 2. The number of anilines is 2. The summed E-state index contributed by atoms with van der Waals surface area (Å²) in [5.41, 5.74) is 1.29. The van der Waals surface area contributed by atoms with Crippen LogP contribution in [0.3, 0.4) is 0 Å². The first-order valence-electron chi connectivity index (χ1n) is 11.0. The van der Waals surface area contributed by atoms with E-state index in [2.05, 4.69) is 10.3 Å². The monoisotopic (exact) mass is 471 g/mol. The molecular formula is C25H24F3N3O3. The number of esters is 1. The van der Waals surface area contributed by atoms with Crippen molar-refractivity contribution in [2.24, 2.45) is 0 Å². The van der Waals surface area contributed by atoms with Crippen LogP contribution in [0.1, 0.15) is 30.4 Å². The smallest absolute Gasteiger partial charge is 0.416 e. The first kappa shape index (κ1) is 23.5. The number of aromatic nitrogens is 1. The van der Waals surface area contributed by atoms with Gasteiger partial charge in [-0.3, -0.25) is 4.79 Å². The van der Waals surface area contributed by atoms with E-state index in [0.29, 0.717) is 23.5 Å². The summed E-state index contributed by atoms with van der Waals surface area (Å²) in [5.74, 6) is 0.198. The highest BCUT2D eigenvalue weighted by atomic mass is 19.4. The van der Waals surface area contributed by atoms with Gasteiger partial charge in [0.15, 0.2) is 0 Å². The largest absolute Gasteiger partial charge is 0.467 e. The Morgan fingerprint density at radius 2 is 1.88 bits per heavy atom. The number of pyridine rings is 1. The molecule has 34 heavy (non-hydrogen) atoms. The van der Waals surface area contributed by atoms with Gasteiger partial charge >= 0.3 is 12.1 Å². The lowest BCUT2D eigenvalue weighted by Crippen LogP contribution is -2.37. The number of ether oxygens (including phenoxy) is 1. The summed E-state index contributed by atoms with van der Waals surface area (Å²) in [5, 5.41) is 3.65. The molecule has 1 N–H and O–H groups in total. The van der Waals surface area contributed by atoms with Crippen molar-refractivity contribution in [1.82, 2.24) is 4.98 Å². The Morgan fingerprint density at radius 3 is 2.59 bits per heavy atom. The van der Waals surface area contributed by atoms with E-state index in [1.165, 1.54) is 19.2 Å². The molecular weight excluding hydrogens is 447 g/mol. The quantitative estimate of drug-likeness (QED) is 0.514. The second kappa shape index (κ2) is 9.70. The van der Waals surface area contributed by atoms with Crippen molar-refractivity contribution in [3.05, 3.63) is 65.7 Å². The van der Waals surface area contributed by atoms with Crippen LogP contribution in [0.25, 0.3) is 10.9 Å². The van der Waals surface area contributed by atoms with Crippen molar-refractivity contribution in [3.63, 3.8) is 0 Å². The third kappa shape index (κ3) is 5.30. The van der Waals surface area contributed by atoms with E-state index in [0.717, 1.165) is 42.4 Å². The van der Waals surface area contributed by atoms with Gasteiger partial charge in [-0.1, -0.05) is 12.1 Å². The fourth-order valence-corrected chi connectivity index (χ4v) is 4.12. The lowest BCUT2D eigenvalue weighted by molar-refractivity contribution is -0.142. The van der Waals surface area contributed by atoms with E-state index >= 15 is 0 Å². The summed E-state index contributed by atoms with van der Waals surface area (Å²) in [4.78, 5) is 31.0. The molecule has 2 aromatic carbocycles. The molecule has 0 saturated carbocycles. The average molecular weight is 471 g/mol. The van der Waals surface area contributed by atoms with Crippen LogP contribution in [0.5, 0.6) is 0 Å². The van der Waals surface area contributed by atoms with Crippen LogP contribution in [0.4, 0.5) is 24.7 Å². The Hall–Kier alpha value is -3.62. The summed E-state index contributed by atoms with van der Waals surface area (Å²) < 4.78 is 42.9. The van der Waals surface area contributed by atoms with Crippen molar-refractivity contribution >= 4 is 34.3 Å². The predicted octanol–water partition coefficient (Wildman–Crippen LogP) is 4.97. The zero-order valence-electron chi connectivity index (χ0n) is 18.6. The lowest BCUT2D eigenvalue weighted by atomic mass is 10.1. The summed E-state index contributed by atoms with van der Waals surface area (Å²) in [6, 6.07) is 13.6. The van der Waals surface area contributed by atoms with E-state index in [1.54, 1.807) is 12.1 Å². The second-order valence-corrected chi connectivity index (χ2v) is 8.19. The minimum Gasteiger partial charge on any atom is -0.467 e. The Morgan fingerprint density at radius 1 is 1.12 bits per heavy atom. The number of alkyl halides is 3. The highest BCUT2D eigenvalue weighted by Crippen LogP contribution is 2.30. The molecule has 9 heteroatoms. The molecule has 1 fully saturated rings. The van der Waals surface area contributed by atoms with Gasteiger partial charge in [0, 0.05) is 24.0 Å². The molecule has 0 unspecified atom stereocenters. The highest BCUT2D eigenvalue weighted by molar-refractivity contribution is 5.94. The second-order valence-electron chi connectivity index (χ2n) is 8.19. The molecule has 1 saturated heterocycles. The SMILES string of the molecule is COC(=O)[C@@H]1CCCN1c1ccc2cc(NC(=O)CCc3ccc(C(F)(F)F)cc3)ccc2n1.